The van der Waals surface area contributed by atoms with Crippen LogP contribution in [0.3, 0.4) is 0 Å². The third-order valence-corrected chi connectivity index (χ3v) is 3.03. The molecule has 1 N–H and O–H groups in total. The molecule has 1 saturated carbocycles. The van der Waals surface area contributed by atoms with Gasteiger partial charge in [0.1, 0.15) is 0 Å². The maximum atomic E-state index is 13.1. The van der Waals surface area contributed by atoms with E-state index in [1.165, 1.54) is 0 Å². The van der Waals surface area contributed by atoms with Crippen molar-refractivity contribution in [2.24, 2.45) is 5.92 Å². The van der Waals surface area contributed by atoms with E-state index < -0.39 is 5.92 Å². The highest BCUT2D eigenvalue weighted by molar-refractivity contribution is 4.84. The molecular weight excluding hydrogens is 228 g/mol. The average molecular weight is 245 g/mol. The Morgan fingerprint density at radius 3 is 3.00 bits per heavy atom. The molecule has 17 heavy (non-hydrogen) atoms. The number of aryl methyl sites for hydroxylation is 1. The summed E-state index contributed by atoms with van der Waals surface area (Å²) in [6.07, 6.45) is 1.51. The van der Waals surface area contributed by atoms with Gasteiger partial charge in [-0.05, 0) is 25.3 Å². The van der Waals surface area contributed by atoms with Gasteiger partial charge in [0, 0.05) is 19.8 Å². The van der Waals surface area contributed by atoms with Gasteiger partial charge in [-0.15, -0.1) is 0 Å². The molecule has 0 aromatic carbocycles. The van der Waals surface area contributed by atoms with Crippen molar-refractivity contribution in [1.82, 2.24) is 15.5 Å². The van der Waals surface area contributed by atoms with Crippen LogP contribution in [0.1, 0.15) is 37.4 Å². The van der Waals surface area contributed by atoms with E-state index in [4.69, 9.17) is 4.52 Å². The van der Waals surface area contributed by atoms with Crippen molar-refractivity contribution in [3.63, 3.8) is 0 Å². The third kappa shape index (κ3) is 3.73. The van der Waals surface area contributed by atoms with Crippen molar-refractivity contribution in [3.8, 4) is 0 Å². The second-order valence-electron chi connectivity index (χ2n) is 4.68. The highest BCUT2D eigenvalue weighted by Crippen LogP contribution is 2.36. The number of hydrogen-bond donors (Lipinski definition) is 1. The number of alkyl halides is 2. The molecule has 6 heteroatoms. The van der Waals surface area contributed by atoms with Crippen molar-refractivity contribution in [2.75, 3.05) is 6.54 Å². The molecule has 1 aliphatic rings. The zero-order valence-corrected chi connectivity index (χ0v) is 9.88. The molecule has 1 atom stereocenters. The first kappa shape index (κ1) is 12.4. The first-order valence-electron chi connectivity index (χ1n) is 5.93. The predicted molar refractivity (Wildman–Crippen MR) is 57.6 cm³/mol. The van der Waals surface area contributed by atoms with Crippen LogP contribution in [-0.4, -0.2) is 22.6 Å². The molecule has 0 aliphatic heterocycles. The van der Waals surface area contributed by atoms with Crippen molar-refractivity contribution < 1.29 is 13.3 Å². The molecule has 1 fully saturated rings. The lowest BCUT2D eigenvalue weighted by Crippen LogP contribution is -2.32. The number of aromatic nitrogens is 2. The average Bonchev–Trinajstić information content (AvgIpc) is 2.63. The highest BCUT2D eigenvalue weighted by atomic mass is 19.3. The number of nitrogens with one attached hydrogen (secondary N) is 1. The Morgan fingerprint density at radius 1 is 1.53 bits per heavy atom. The molecule has 0 amide bonds. The molecule has 4 nitrogen and oxygen atoms in total. The summed E-state index contributed by atoms with van der Waals surface area (Å²) in [4.78, 5) is 4.03. The lowest BCUT2D eigenvalue weighted by molar-refractivity contribution is -0.0520. The molecule has 0 spiro atoms. The summed E-state index contributed by atoms with van der Waals surface area (Å²) >= 11 is 0. The molecule has 1 aliphatic carbocycles. The van der Waals surface area contributed by atoms with E-state index in [2.05, 4.69) is 15.5 Å². The minimum Gasteiger partial charge on any atom is -0.340 e. The second kappa shape index (κ2) is 5.08. The van der Waals surface area contributed by atoms with Crippen LogP contribution in [0.2, 0.25) is 0 Å². The van der Waals surface area contributed by atoms with Gasteiger partial charge in [-0.3, -0.25) is 0 Å². The number of rotatable bonds is 4. The van der Waals surface area contributed by atoms with Gasteiger partial charge < -0.3 is 9.84 Å². The van der Waals surface area contributed by atoms with Crippen molar-refractivity contribution in [2.45, 2.75) is 45.1 Å². The molecule has 1 aromatic rings. The van der Waals surface area contributed by atoms with Gasteiger partial charge >= 0.3 is 0 Å². The van der Waals surface area contributed by atoms with E-state index in [0.717, 1.165) is 6.42 Å². The number of hydrogen-bond acceptors (Lipinski definition) is 4. The number of nitrogens with zero attached hydrogens (tertiary/aromatic N) is 2. The molecule has 2 rings (SSSR count). The smallest absolute Gasteiger partial charge is 0.248 e. The largest absolute Gasteiger partial charge is 0.340 e. The molecule has 1 heterocycles. The van der Waals surface area contributed by atoms with Crippen LogP contribution in [0.25, 0.3) is 0 Å². The second-order valence-corrected chi connectivity index (χ2v) is 4.68. The first-order chi connectivity index (χ1) is 8.05. The SMILES string of the molecule is Cc1nc(CNCC2CCCC(F)(F)C2)no1. The van der Waals surface area contributed by atoms with Crippen LogP contribution in [0, 0.1) is 12.8 Å². The van der Waals surface area contributed by atoms with Gasteiger partial charge in [-0.25, -0.2) is 8.78 Å². The van der Waals surface area contributed by atoms with Gasteiger partial charge in [0.15, 0.2) is 5.82 Å². The minimum atomic E-state index is -2.48. The van der Waals surface area contributed by atoms with E-state index >= 15 is 0 Å². The van der Waals surface area contributed by atoms with Crippen LogP contribution in [0.15, 0.2) is 4.52 Å². The van der Waals surface area contributed by atoms with Crippen molar-refractivity contribution in [1.29, 1.82) is 0 Å². The summed E-state index contributed by atoms with van der Waals surface area (Å²) in [6.45, 7) is 2.78. The fraction of sp³-hybridized carbons (Fsp3) is 0.818. The molecule has 96 valence electrons. The first-order valence-corrected chi connectivity index (χ1v) is 5.93. The lowest BCUT2D eigenvalue weighted by Gasteiger charge is -2.28. The fourth-order valence-corrected chi connectivity index (χ4v) is 2.25. The Morgan fingerprint density at radius 2 is 2.35 bits per heavy atom. The third-order valence-electron chi connectivity index (χ3n) is 3.03. The summed E-state index contributed by atoms with van der Waals surface area (Å²) in [7, 11) is 0. The summed E-state index contributed by atoms with van der Waals surface area (Å²) < 4.78 is 31.1. The summed E-state index contributed by atoms with van der Waals surface area (Å²) in [5.41, 5.74) is 0. The monoisotopic (exact) mass is 245 g/mol. The topological polar surface area (TPSA) is 51.0 Å². The molecule has 1 aromatic heterocycles. The molecule has 1 unspecified atom stereocenters. The standard InChI is InChI=1S/C11H17F2N3O/c1-8-15-10(16-17-8)7-14-6-9-3-2-4-11(12,13)5-9/h9,14H,2-7H2,1H3. The van der Waals surface area contributed by atoms with Crippen molar-refractivity contribution >= 4 is 0 Å². The van der Waals surface area contributed by atoms with Gasteiger partial charge in [0.2, 0.25) is 11.8 Å². The van der Waals surface area contributed by atoms with Gasteiger partial charge in [0.25, 0.3) is 0 Å². The Kier molecular flexibility index (Phi) is 3.71. The van der Waals surface area contributed by atoms with Crippen LogP contribution in [0.5, 0.6) is 0 Å². The Hall–Kier alpha value is -1.04. The minimum absolute atomic E-state index is 0.00866. The maximum Gasteiger partial charge on any atom is 0.248 e. The van der Waals surface area contributed by atoms with E-state index in [9.17, 15) is 8.78 Å². The maximum absolute atomic E-state index is 13.1. The van der Waals surface area contributed by atoms with Gasteiger partial charge in [-0.1, -0.05) is 5.16 Å². The zero-order chi connectivity index (χ0) is 12.3. The predicted octanol–water partition coefficient (Wildman–Crippen LogP) is 2.29. The molecule has 0 radical (unpaired) electrons. The van der Waals surface area contributed by atoms with Crippen LogP contribution in [-0.2, 0) is 6.54 Å². The fourth-order valence-electron chi connectivity index (χ4n) is 2.25. The van der Waals surface area contributed by atoms with Crippen LogP contribution >= 0.6 is 0 Å². The van der Waals surface area contributed by atoms with Gasteiger partial charge in [-0.2, -0.15) is 4.98 Å². The summed E-state index contributed by atoms with van der Waals surface area (Å²) in [5.74, 6) is -1.34. The Labute approximate surface area is 98.8 Å². The van der Waals surface area contributed by atoms with Crippen molar-refractivity contribution in [3.05, 3.63) is 11.7 Å². The van der Waals surface area contributed by atoms with Crippen LogP contribution < -0.4 is 5.32 Å². The van der Waals surface area contributed by atoms with Gasteiger partial charge in [0.05, 0.1) is 6.54 Å². The van der Waals surface area contributed by atoms with E-state index in [-0.39, 0.29) is 18.8 Å². The molecular formula is C11H17F2N3O. The Bertz CT molecular complexity index is 367. The molecule has 0 bridgehead atoms. The van der Waals surface area contributed by atoms with E-state index in [1.807, 2.05) is 0 Å². The molecule has 0 saturated heterocycles. The van der Waals surface area contributed by atoms with E-state index in [1.54, 1.807) is 6.92 Å². The summed E-state index contributed by atoms with van der Waals surface area (Å²) in [6, 6.07) is 0. The van der Waals surface area contributed by atoms with E-state index in [0.29, 0.717) is 31.2 Å². The Balaban J connectivity index is 1.71. The summed E-state index contributed by atoms with van der Waals surface area (Å²) in [5, 5.41) is 6.83. The zero-order valence-electron chi connectivity index (χ0n) is 9.88. The quantitative estimate of drug-likeness (QED) is 0.884. The number of halogens is 2. The highest BCUT2D eigenvalue weighted by Gasteiger charge is 2.35. The van der Waals surface area contributed by atoms with Crippen LogP contribution in [0.4, 0.5) is 8.78 Å². The lowest BCUT2D eigenvalue weighted by atomic mass is 9.86. The normalized spacial score (nSPS) is 23.8.